The van der Waals surface area contributed by atoms with Gasteiger partial charge in [-0.05, 0) is 33.7 Å². The second kappa shape index (κ2) is 10.4. The van der Waals surface area contributed by atoms with E-state index >= 15 is 8.78 Å². The quantitative estimate of drug-likeness (QED) is 0.230. The number of carbonyl (C=O) groups is 2. The number of ether oxygens (including phenoxy) is 2. The lowest BCUT2D eigenvalue weighted by molar-refractivity contribution is -0.141. The number of benzene rings is 4. The van der Waals surface area contributed by atoms with Crippen molar-refractivity contribution in [3.8, 4) is 0 Å². The molecular formula is C31H23F2N3O6. The van der Waals surface area contributed by atoms with Crippen molar-refractivity contribution in [1.82, 2.24) is 9.55 Å². The Morgan fingerprint density at radius 1 is 0.905 bits per heavy atom. The number of nitrogens with zero attached hydrogens (tertiary/aromatic N) is 2. The molecule has 0 aliphatic carbocycles. The van der Waals surface area contributed by atoms with Crippen LogP contribution in [0.15, 0.2) is 102 Å². The summed E-state index contributed by atoms with van der Waals surface area (Å²) < 4.78 is 42.7. The highest BCUT2D eigenvalue weighted by atomic mass is 19.3. The number of nitrogens with two attached hydrogens (primary N) is 1. The van der Waals surface area contributed by atoms with Crippen LogP contribution < -0.4 is 11.4 Å². The highest BCUT2D eigenvalue weighted by Crippen LogP contribution is 2.44. The normalized spacial score (nSPS) is 20.4. The molecule has 9 nitrogen and oxygen atoms in total. The van der Waals surface area contributed by atoms with E-state index in [4.69, 9.17) is 15.2 Å². The molecule has 0 saturated carbocycles. The first-order valence-corrected chi connectivity index (χ1v) is 12.9. The Kier molecular flexibility index (Phi) is 6.76. The fourth-order valence-electron chi connectivity index (χ4n) is 5.22. The Hall–Kier alpha value is -5.00. The number of aliphatic hydroxyl groups is 1. The number of hydrogen-bond donors (Lipinski definition) is 2. The third-order valence-electron chi connectivity index (χ3n) is 7.28. The van der Waals surface area contributed by atoms with Crippen molar-refractivity contribution in [2.45, 2.75) is 30.5 Å². The summed E-state index contributed by atoms with van der Waals surface area (Å²) in [4.78, 5) is 43.5. The van der Waals surface area contributed by atoms with Gasteiger partial charge in [-0.1, -0.05) is 78.9 Å². The number of aromatic nitrogens is 2. The number of aliphatic hydroxyl groups excluding tert-OH is 1. The van der Waals surface area contributed by atoms with Crippen LogP contribution in [0.2, 0.25) is 0 Å². The molecule has 1 saturated heterocycles. The molecule has 4 aromatic carbocycles. The molecule has 11 heteroatoms. The molecule has 1 unspecified atom stereocenters. The lowest BCUT2D eigenvalue weighted by atomic mass is 9.93. The summed E-state index contributed by atoms with van der Waals surface area (Å²) in [5, 5.41) is 13.2. The zero-order valence-corrected chi connectivity index (χ0v) is 21.8. The van der Waals surface area contributed by atoms with Crippen molar-refractivity contribution in [3.05, 3.63) is 119 Å². The lowest BCUT2D eigenvalue weighted by Gasteiger charge is -2.25. The predicted molar refractivity (Wildman–Crippen MR) is 149 cm³/mol. The maximum atomic E-state index is 15.5. The fraction of sp³-hybridized carbons (Fsp3) is 0.161. The van der Waals surface area contributed by atoms with Gasteiger partial charge >= 0.3 is 17.6 Å². The van der Waals surface area contributed by atoms with Crippen molar-refractivity contribution < 1.29 is 33.0 Å². The Morgan fingerprint density at radius 2 is 1.48 bits per heavy atom. The number of Topliss-reactive ketones (excluding diaryl/α,β-unsaturated/α-hetero) is 1. The van der Waals surface area contributed by atoms with E-state index in [-0.39, 0.29) is 16.9 Å². The minimum atomic E-state index is -4.09. The zero-order chi connectivity index (χ0) is 29.6. The van der Waals surface area contributed by atoms with Gasteiger partial charge in [-0.25, -0.2) is 9.59 Å². The molecule has 212 valence electrons. The first-order chi connectivity index (χ1) is 20.2. The number of nitrogen functional groups attached to an aromatic ring is 1. The van der Waals surface area contributed by atoms with E-state index in [2.05, 4.69) is 4.98 Å². The van der Waals surface area contributed by atoms with Crippen LogP contribution in [0.3, 0.4) is 0 Å². The van der Waals surface area contributed by atoms with E-state index in [1.807, 2.05) is 0 Å². The van der Waals surface area contributed by atoms with E-state index < -0.39 is 47.9 Å². The number of fused-ring (bicyclic) bond motifs is 2. The second-order valence-corrected chi connectivity index (χ2v) is 9.86. The monoisotopic (exact) mass is 571 g/mol. The van der Waals surface area contributed by atoms with E-state index in [0.29, 0.717) is 26.1 Å². The Balaban J connectivity index is 1.45. The summed E-state index contributed by atoms with van der Waals surface area (Å²) >= 11 is 0. The van der Waals surface area contributed by atoms with Gasteiger partial charge in [0.2, 0.25) is 12.0 Å². The Morgan fingerprint density at radius 3 is 2.12 bits per heavy atom. The topological polar surface area (TPSA) is 134 Å². The van der Waals surface area contributed by atoms with Crippen molar-refractivity contribution >= 4 is 39.1 Å². The number of hydrogen-bond acceptors (Lipinski definition) is 8. The van der Waals surface area contributed by atoms with E-state index in [1.54, 1.807) is 72.8 Å². The third-order valence-corrected chi connectivity index (χ3v) is 7.28. The number of rotatable bonds is 6. The first kappa shape index (κ1) is 27.2. The minimum absolute atomic E-state index is 0.0673. The van der Waals surface area contributed by atoms with Gasteiger partial charge in [-0.3, -0.25) is 9.36 Å². The van der Waals surface area contributed by atoms with Crippen molar-refractivity contribution in [1.29, 1.82) is 0 Å². The number of alkyl halides is 2. The van der Waals surface area contributed by atoms with Crippen LogP contribution in [0.4, 0.5) is 14.6 Å². The number of halogens is 2. The number of carbonyl (C=O) groups excluding carboxylic acids is 2. The zero-order valence-electron chi connectivity index (χ0n) is 21.8. The largest absolute Gasteiger partial charge is 0.447 e. The van der Waals surface area contributed by atoms with Gasteiger partial charge in [0.15, 0.2) is 12.2 Å². The van der Waals surface area contributed by atoms with Crippen molar-refractivity contribution in [2.24, 2.45) is 0 Å². The molecule has 6 rings (SSSR count). The van der Waals surface area contributed by atoms with E-state index in [1.165, 1.54) is 12.1 Å². The molecule has 2 heterocycles. The van der Waals surface area contributed by atoms with Gasteiger partial charge in [0.05, 0.1) is 5.56 Å². The summed E-state index contributed by atoms with van der Waals surface area (Å²) in [5.41, 5.74) is 4.49. The summed E-state index contributed by atoms with van der Waals surface area (Å²) in [7, 11) is 0. The Labute approximate surface area is 236 Å². The van der Waals surface area contributed by atoms with Crippen LogP contribution in [-0.4, -0.2) is 50.6 Å². The highest BCUT2D eigenvalue weighted by molar-refractivity contribution is 6.12. The Bertz CT molecular complexity index is 1900. The third kappa shape index (κ3) is 4.58. The molecule has 4 atom stereocenters. The van der Waals surface area contributed by atoms with E-state index in [9.17, 15) is 19.5 Å². The van der Waals surface area contributed by atoms with Crippen molar-refractivity contribution in [3.63, 3.8) is 0 Å². The average Bonchev–Trinajstić information content (AvgIpc) is 3.22. The molecule has 1 aliphatic rings. The maximum Gasteiger partial charge on any atom is 0.351 e. The summed E-state index contributed by atoms with van der Waals surface area (Å²) in [6.45, 7) is 0. The molecule has 42 heavy (non-hydrogen) atoms. The van der Waals surface area contributed by atoms with Crippen LogP contribution in [0.1, 0.15) is 26.9 Å². The van der Waals surface area contributed by atoms with Crippen LogP contribution in [0.25, 0.3) is 21.5 Å². The maximum absolute atomic E-state index is 15.5. The van der Waals surface area contributed by atoms with Crippen LogP contribution in [0, 0.1) is 0 Å². The fourth-order valence-corrected chi connectivity index (χ4v) is 5.22. The van der Waals surface area contributed by atoms with E-state index in [0.717, 1.165) is 12.3 Å². The number of esters is 1. The molecule has 3 N–H and O–H groups in total. The second-order valence-electron chi connectivity index (χ2n) is 9.86. The van der Waals surface area contributed by atoms with Gasteiger partial charge in [0.25, 0.3) is 0 Å². The molecule has 0 radical (unpaired) electrons. The van der Waals surface area contributed by atoms with Gasteiger partial charge in [-0.15, -0.1) is 0 Å². The van der Waals surface area contributed by atoms with Crippen LogP contribution >= 0.6 is 0 Å². The van der Waals surface area contributed by atoms with Gasteiger partial charge in [0, 0.05) is 11.8 Å². The summed E-state index contributed by atoms with van der Waals surface area (Å²) in [6.07, 6.45) is -8.14. The molecule has 0 spiro atoms. The average molecular weight is 572 g/mol. The molecule has 1 aliphatic heterocycles. The van der Waals surface area contributed by atoms with Gasteiger partial charge in [0.1, 0.15) is 11.9 Å². The molecular weight excluding hydrogens is 548 g/mol. The first-order valence-electron chi connectivity index (χ1n) is 12.9. The van der Waals surface area contributed by atoms with Crippen molar-refractivity contribution in [2.75, 3.05) is 5.73 Å². The smallest absolute Gasteiger partial charge is 0.351 e. The number of ketones is 1. The minimum Gasteiger partial charge on any atom is -0.447 e. The van der Waals surface area contributed by atoms with Crippen LogP contribution in [-0.2, 0) is 9.47 Å². The predicted octanol–water partition coefficient (Wildman–Crippen LogP) is 4.13. The summed E-state index contributed by atoms with van der Waals surface area (Å²) in [5.74, 6) is -6.15. The molecule has 5 aromatic rings. The van der Waals surface area contributed by atoms with Crippen LogP contribution in [0.5, 0.6) is 0 Å². The SMILES string of the molecule is Nc1ccn([C@@H]2O[C@H](C(OC(=O)c3cccc4ccccc34)C(=O)c3cccc4ccccc34)[C@@H](O)C2(F)F)c(=O)n1. The molecule has 1 aromatic heterocycles. The summed E-state index contributed by atoms with van der Waals surface area (Å²) in [6, 6.07) is 24.6. The highest BCUT2D eigenvalue weighted by Gasteiger charge is 2.63. The molecule has 0 bridgehead atoms. The lowest BCUT2D eigenvalue weighted by Crippen LogP contribution is -2.47. The van der Waals surface area contributed by atoms with Gasteiger partial charge in [-0.2, -0.15) is 13.8 Å². The standard InChI is InChI=1S/C31H23F2N3O6/c32-31(33)27(38)26(42-29(31)36-16-15-23(34)35-30(36)40)25(24(37)21-13-5-9-17-7-1-3-11-19(17)21)41-28(39)22-14-6-10-18-8-2-4-12-20(18)22/h1-16,25-27,29,38H,(H2,34,35,40)/t25?,26-,27-,29-/m1/s1. The van der Waals surface area contributed by atoms with Gasteiger partial charge < -0.3 is 20.3 Å². The molecule has 0 amide bonds. The molecule has 1 fully saturated rings. The number of anilines is 1.